The molecule has 1 atom stereocenters. The summed E-state index contributed by atoms with van der Waals surface area (Å²) >= 11 is 3.62. The van der Waals surface area contributed by atoms with Crippen molar-refractivity contribution in [2.75, 3.05) is 13.1 Å². The van der Waals surface area contributed by atoms with E-state index in [0.717, 1.165) is 32.4 Å². The Balaban J connectivity index is 2.36. The first kappa shape index (κ1) is 10.5. The van der Waals surface area contributed by atoms with E-state index in [9.17, 15) is 5.11 Å². The van der Waals surface area contributed by atoms with Gasteiger partial charge in [0.25, 0.3) is 0 Å². The van der Waals surface area contributed by atoms with Crippen molar-refractivity contribution in [2.45, 2.75) is 43.7 Å². The molecule has 1 N–H and O–H groups in total. The molecule has 1 unspecified atom stereocenters. The van der Waals surface area contributed by atoms with Gasteiger partial charge in [0.05, 0.1) is 10.6 Å². The molecule has 12 heavy (non-hydrogen) atoms. The predicted octanol–water partition coefficient (Wildman–Crippen LogP) is 1.96. The minimum Gasteiger partial charge on any atom is -0.390 e. The highest BCUT2D eigenvalue weighted by Gasteiger charge is 2.29. The maximum Gasteiger partial charge on any atom is 0.0653 e. The van der Waals surface area contributed by atoms with E-state index in [-0.39, 0.29) is 0 Å². The zero-order valence-corrected chi connectivity index (χ0v) is 9.47. The molecular formula is C9H18BrNO. The second-order valence-electron chi connectivity index (χ2n) is 3.88. The van der Waals surface area contributed by atoms with Crippen molar-refractivity contribution in [1.82, 2.24) is 4.90 Å². The Kier molecular flexibility index (Phi) is 3.56. The summed E-state index contributed by atoms with van der Waals surface area (Å²) in [6.45, 7) is 6.12. The first-order chi connectivity index (χ1) is 5.55. The Hall–Kier alpha value is 0.400. The van der Waals surface area contributed by atoms with Crippen LogP contribution < -0.4 is 0 Å². The summed E-state index contributed by atoms with van der Waals surface area (Å²) in [6.07, 6.45) is 2.92. The van der Waals surface area contributed by atoms with Gasteiger partial charge in [-0.25, -0.2) is 0 Å². The zero-order chi connectivity index (χ0) is 9.19. The van der Waals surface area contributed by atoms with Crippen LogP contribution in [0.1, 0.15) is 33.1 Å². The lowest BCUT2D eigenvalue weighted by Crippen LogP contribution is -2.45. The van der Waals surface area contributed by atoms with Gasteiger partial charge >= 0.3 is 0 Å². The van der Waals surface area contributed by atoms with Gasteiger partial charge in [-0.15, -0.1) is 0 Å². The topological polar surface area (TPSA) is 23.5 Å². The molecule has 1 rings (SSSR count). The van der Waals surface area contributed by atoms with Gasteiger partial charge < -0.3 is 5.11 Å². The minimum atomic E-state index is -0.420. The molecule has 0 aliphatic carbocycles. The second kappa shape index (κ2) is 4.07. The molecule has 2 nitrogen and oxygen atoms in total. The highest BCUT2D eigenvalue weighted by Crippen LogP contribution is 2.24. The van der Waals surface area contributed by atoms with E-state index >= 15 is 0 Å². The Morgan fingerprint density at radius 2 is 2.00 bits per heavy atom. The Morgan fingerprint density at radius 3 is 2.42 bits per heavy atom. The van der Waals surface area contributed by atoms with Crippen LogP contribution in [-0.4, -0.2) is 33.6 Å². The molecule has 0 aromatic carbocycles. The fourth-order valence-electron chi connectivity index (χ4n) is 1.54. The summed E-state index contributed by atoms with van der Waals surface area (Å²) in [6, 6.07) is 0. The van der Waals surface area contributed by atoms with Crippen molar-refractivity contribution in [3.05, 3.63) is 0 Å². The SMILES string of the molecule is CCC(Br)N1CCC(C)(O)CC1. The van der Waals surface area contributed by atoms with Crippen molar-refractivity contribution in [3.63, 3.8) is 0 Å². The Morgan fingerprint density at radius 1 is 1.50 bits per heavy atom. The van der Waals surface area contributed by atoms with E-state index in [1.807, 2.05) is 6.92 Å². The van der Waals surface area contributed by atoms with Crippen LogP contribution in [0.5, 0.6) is 0 Å². The smallest absolute Gasteiger partial charge is 0.0653 e. The molecule has 0 aromatic rings. The summed E-state index contributed by atoms with van der Waals surface area (Å²) in [5, 5.41) is 9.70. The molecule has 0 saturated carbocycles. The van der Waals surface area contributed by atoms with Gasteiger partial charge in [0.15, 0.2) is 0 Å². The fourth-order valence-corrected chi connectivity index (χ4v) is 1.95. The highest BCUT2D eigenvalue weighted by molar-refractivity contribution is 9.09. The van der Waals surface area contributed by atoms with Crippen molar-refractivity contribution in [2.24, 2.45) is 0 Å². The lowest BCUT2D eigenvalue weighted by molar-refractivity contribution is -0.00763. The lowest BCUT2D eigenvalue weighted by Gasteiger charge is -2.37. The number of alkyl halides is 1. The quantitative estimate of drug-likeness (QED) is 0.585. The maximum atomic E-state index is 9.70. The summed E-state index contributed by atoms with van der Waals surface area (Å²) in [4.78, 5) is 2.88. The number of hydrogen-bond acceptors (Lipinski definition) is 2. The number of nitrogens with zero attached hydrogens (tertiary/aromatic N) is 1. The number of aliphatic hydroxyl groups is 1. The molecule has 0 bridgehead atoms. The molecule has 0 radical (unpaired) electrons. The van der Waals surface area contributed by atoms with Gasteiger partial charge in [-0.2, -0.15) is 0 Å². The van der Waals surface area contributed by atoms with E-state index in [0.29, 0.717) is 4.95 Å². The summed E-state index contributed by atoms with van der Waals surface area (Å²) in [5.74, 6) is 0. The van der Waals surface area contributed by atoms with Crippen molar-refractivity contribution in [1.29, 1.82) is 0 Å². The average Bonchev–Trinajstić information content (AvgIpc) is 2.03. The van der Waals surface area contributed by atoms with Crippen LogP contribution >= 0.6 is 15.9 Å². The second-order valence-corrected chi connectivity index (χ2v) is 4.93. The van der Waals surface area contributed by atoms with Gasteiger partial charge in [-0.05, 0) is 26.2 Å². The molecular weight excluding hydrogens is 218 g/mol. The van der Waals surface area contributed by atoms with E-state index < -0.39 is 5.60 Å². The van der Waals surface area contributed by atoms with Crippen molar-refractivity contribution >= 4 is 15.9 Å². The third-order valence-electron chi connectivity index (χ3n) is 2.61. The van der Waals surface area contributed by atoms with E-state index in [2.05, 4.69) is 27.8 Å². The van der Waals surface area contributed by atoms with Gasteiger partial charge in [-0.3, -0.25) is 4.90 Å². The van der Waals surface area contributed by atoms with E-state index in [1.165, 1.54) is 0 Å². The number of likely N-dealkylation sites (tertiary alicyclic amines) is 1. The molecule has 1 aliphatic heterocycles. The molecule has 0 spiro atoms. The number of piperidine rings is 1. The lowest BCUT2D eigenvalue weighted by atomic mass is 9.94. The Bertz CT molecular complexity index is 139. The normalized spacial score (nSPS) is 27.0. The van der Waals surface area contributed by atoms with Crippen LogP contribution in [0.4, 0.5) is 0 Å². The number of hydrogen-bond donors (Lipinski definition) is 1. The van der Waals surface area contributed by atoms with Crippen LogP contribution in [0.2, 0.25) is 0 Å². The molecule has 3 heteroatoms. The molecule has 1 heterocycles. The monoisotopic (exact) mass is 235 g/mol. The average molecular weight is 236 g/mol. The summed E-state index contributed by atoms with van der Waals surface area (Å²) < 4.78 is 0. The highest BCUT2D eigenvalue weighted by atomic mass is 79.9. The van der Waals surface area contributed by atoms with E-state index in [4.69, 9.17) is 0 Å². The van der Waals surface area contributed by atoms with Gasteiger partial charge in [0.1, 0.15) is 0 Å². The van der Waals surface area contributed by atoms with Gasteiger partial charge in [0.2, 0.25) is 0 Å². The van der Waals surface area contributed by atoms with Crippen molar-refractivity contribution in [3.8, 4) is 0 Å². The van der Waals surface area contributed by atoms with Crippen LogP contribution in [0.15, 0.2) is 0 Å². The van der Waals surface area contributed by atoms with E-state index in [1.54, 1.807) is 0 Å². The minimum absolute atomic E-state index is 0.420. The molecule has 1 aliphatic rings. The summed E-state index contributed by atoms with van der Waals surface area (Å²) in [5.41, 5.74) is -0.420. The predicted molar refractivity (Wildman–Crippen MR) is 54.4 cm³/mol. The molecule has 0 aromatic heterocycles. The first-order valence-corrected chi connectivity index (χ1v) is 5.57. The van der Waals surface area contributed by atoms with Gasteiger partial charge in [0, 0.05) is 13.1 Å². The van der Waals surface area contributed by atoms with Crippen LogP contribution in [-0.2, 0) is 0 Å². The third kappa shape index (κ3) is 2.71. The Labute approximate surface area is 83.1 Å². The maximum absolute atomic E-state index is 9.70. The zero-order valence-electron chi connectivity index (χ0n) is 7.89. The molecule has 72 valence electrons. The molecule has 0 amide bonds. The number of rotatable bonds is 2. The molecule has 1 fully saturated rings. The number of halogens is 1. The largest absolute Gasteiger partial charge is 0.390 e. The first-order valence-electron chi connectivity index (χ1n) is 4.65. The van der Waals surface area contributed by atoms with Crippen LogP contribution in [0.3, 0.4) is 0 Å². The molecule has 1 saturated heterocycles. The third-order valence-corrected chi connectivity index (χ3v) is 3.83. The van der Waals surface area contributed by atoms with Crippen molar-refractivity contribution < 1.29 is 5.11 Å². The van der Waals surface area contributed by atoms with Crippen LogP contribution in [0.25, 0.3) is 0 Å². The standard InChI is InChI=1S/C9H18BrNO/c1-3-8(10)11-6-4-9(2,12)5-7-11/h8,12H,3-7H2,1-2H3. The van der Waals surface area contributed by atoms with Crippen LogP contribution in [0, 0.1) is 0 Å². The fraction of sp³-hybridized carbons (Fsp3) is 1.00. The summed E-state index contributed by atoms with van der Waals surface area (Å²) in [7, 11) is 0. The van der Waals surface area contributed by atoms with Gasteiger partial charge in [-0.1, -0.05) is 22.9 Å².